The second-order valence-corrected chi connectivity index (χ2v) is 14.7. The van der Waals surface area contributed by atoms with Gasteiger partial charge in [-0.2, -0.15) is 0 Å². The Labute approximate surface area is 314 Å². The fourth-order valence-corrected chi connectivity index (χ4v) is 9.68. The van der Waals surface area contributed by atoms with Gasteiger partial charge in [-0.05, 0) is 133 Å². The Balaban J connectivity index is 1.15. The highest BCUT2D eigenvalue weighted by Gasteiger charge is 2.31. The Morgan fingerprint density at radius 1 is 0.204 bits per heavy atom. The van der Waals surface area contributed by atoms with Crippen LogP contribution in [0.25, 0.3) is 121 Å². The molecular weight excluding hydrogens is 649 g/mol. The lowest BCUT2D eigenvalue weighted by atomic mass is 9.81. The summed E-state index contributed by atoms with van der Waals surface area (Å²) in [4.78, 5) is 0. The number of benzene rings is 10. The number of rotatable bonds is 4. The lowest BCUT2D eigenvalue weighted by molar-refractivity contribution is 1.61. The van der Waals surface area contributed by atoms with Crippen molar-refractivity contribution in [1.82, 2.24) is 0 Å². The highest BCUT2D eigenvalue weighted by Crippen LogP contribution is 2.58. The van der Waals surface area contributed by atoms with Crippen LogP contribution in [0.15, 0.2) is 194 Å². The van der Waals surface area contributed by atoms with Gasteiger partial charge in [-0.15, -0.1) is 0 Å². The lowest BCUT2D eigenvalue weighted by Crippen LogP contribution is -1.94. The summed E-state index contributed by atoms with van der Waals surface area (Å²) in [6.07, 6.45) is 0. The molecule has 0 fully saturated rings. The summed E-state index contributed by atoms with van der Waals surface area (Å²) in [6.45, 7) is 0. The SMILES string of the molecule is c1ccc(-c2ccc3c(c2)-c2cccc4c(-c5ccc6c(-c7ccccc7)c7c(c(-c8ccccc8)c6c5)-c5cccc6cccc-7c56)ccc-3c24)cc1. The van der Waals surface area contributed by atoms with E-state index in [0.717, 1.165) is 0 Å². The number of hydrogen-bond donors (Lipinski definition) is 0. The molecule has 0 unspecified atom stereocenters. The van der Waals surface area contributed by atoms with Crippen LogP contribution in [-0.2, 0) is 0 Å². The summed E-state index contributed by atoms with van der Waals surface area (Å²) < 4.78 is 0. The number of fused-ring (bicyclic) bond motifs is 7. The minimum Gasteiger partial charge on any atom is -0.0622 e. The second kappa shape index (κ2) is 11.2. The van der Waals surface area contributed by atoms with Crippen LogP contribution in [0.1, 0.15) is 0 Å². The highest BCUT2D eigenvalue weighted by molar-refractivity contribution is 6.28. The van der Waals surface area contributed by atoms with Crippen molar-refractivity contribution < 1.29 is 0 Å². The summed E-state index contributed by atoms with van der Waals surface area (Å²) in [6, 6.07) is 72.2. The molecule has 2 aliphatic carbocycles. The van der Waals surface area contributed by atoms with Gasteiger partial charge in [0.15, 0.2) is 0 Å². The highest BCUT2D eigenvalue weighted by atomic mass is 14.3. The zero-order chi connectivity index (χ0) is 35.3. The van der Waals surface area contributed by atoms with Gasteiger partial charge in [0.1, 0.15) is 0 Å². The molecule has 0 spiro atoms. The molecule has 10 aromatic rings. The largest absolute Gasteiger partial charge is 0.0622 e. The van der Waals surface area contributed by atoms with E-state index in [1.54, 1.807) is 0 Å². The molecule has 10 aromatic carbocycles. The molecule has 12 rings (SSSR count). The Morgan fingerprint density at radius 3 is 1.43 bits per heavy atom. The summed E-state index contributed by atoms with van der Waals surface area (Å²) in [5.41, 5.74) is 20.7. The first-order valence-electron chi connectivity index (χ1n) is 18.9. The molecule has 54 heavy (non-hydrogen) atoms. The second-order valence-electron chi connectivity index (χ2n) is 14.7. The third kappa shape index (κ3) is 4.08. The summed E-state index contributed by atoms with van der Waals surface area (Å²) >= 11 is 0. The maximum Gasteiger partial charge on any atom is -0.000741 e. The molecule has 0 aliphatic heterocycles. The summed E-state index contributed by atoms with van der Waals surface area (Å²) in [5, 5.41) is 7.83. The van der Waals surface area contributed by atoms with Crippen LogP contribution in [0.5, 0.6) is 0 Å². The van der Waals surface area contributed by atoms with Crippen LogP contribution in [0.3, 0.4) is 0 Å². The Morgan fingerprint density at radius 2 is 0.741 bits per heavy atom. The molecular formula is C54H32. The molecule has 0 aromatic heterocycles. The normalized spacial score (nSPS) is 12.1. The molecule has 0 nitrogen and oxygen atoms in total. The first kappa shape index (κ1) is 29.5. The molecule has 0 radical (unpaired) electrons. The summed E-state index contributed by atoms with van der Waals surface area (Å²) in [7, 11) is 0. The molecule has 0 saturated heterocycles. The van der Waals surface area contributed by atoms with Gasteiger partial charge in [-0.25, -0.2) is 0 Å². The first-order chi connectivity index (χ1) is 26.8. The fourth-order valence-electron chi connectivity index (χ4n) is 9.68. The molecule has 0 amide bonds. The van der Waals surface area contributed by atoms with Gasteiger partial charge in [0, 0.05) is 0 Å². The third-order valence-corrected chi connectivity index (χ3v) is 11.9. The molecule has 2 aliphatic rings. The molecule has 0 N–H and O–H groups in total. The van der Waals surface area contributed by atoms with Crippen molar-refractivity contribution in [2.24, 2.45) is 0 Å². The third-order valence-electron chi connectivity index (χ3n) is 11.9. The van der Waals surface area contributed by atoms with Gasteiger partial charge in [-0.3, -0.25) is 0 Å². The predicted octanol–water partition coefficient (Wildman–Crippen LogP) is 15.1. The van der Waals surface area contributed by atoms with Crippen LogP contribution in [0, 0.1) is 0 Å². The molecule has 248 valence electrons. The molecule has 0 atom stereocenters. The number of hydrogen-bond acceptors (Lipinski definition) is 0. The van der Waals surface area contributed by atoms with Crippen molar-refractivity contribution in [2.75, 3.05) is 0 Å². The first-order valence-corrected chi connectivity index (χ1v) is 18.9. The van der Waals surface area contributed by atoms with Gasteiger partial charge >= 0.3 is 0 Å². The van der Waals surface area contributed by atoms with Gasteiger partial charge < -0.3 is 0 Å². The van der Waals surface area contributed by atoms with Crippen molar-refractivity contribution >= 4 is 32.3 Å². The van der Waals surface area contributed by atoms with Crippen LogP contribution >= 0.6 is 0 Å². The smallest absolute Gasteiger partial charge is 0.000741 e. The van der Waals surface area contributed by atoms with Gasteiger partial charge in [0.25, 0.3) is 0 Å². The average molecular weight is 681 g/mol. The van der Waals surface area contributed by atoms with Gasteiger partial charge in [-0.1, -0.05) is 182 Å². The van der Waals surface area contributed by atoms with E-state index in [-0.39, 0.29) is 0 Å². The zero-order valence-corrected chi connectivity index (χ0v) is 29.5. The van der Waals surface area contributed by atoms with Crippen molar-refractivity contribution in [3.8, 4) is 89.0 Å². The van der Waals surface area contributed by atoms with Crippen LogP contribution in [0.4, 0.5) is 0 Å². The lowest BCUT2D eigenvalue weighted by Gasteiger charge is -2.21. The maximum atomic E-state index is 2.48. The van der Waals surface area contributed by atoms with E-state index in [2.05, 4.69) is 194 Å². The zero-order valence-electron chi connectivity index (χ0n) is 29.5. The maximum absolute atomic E-state index is 2.48. The minimum absolute atomic E-state index is 1.23. The van der Waals surface area contributed by atoms with Crippen molar-refractivity contribution in [1.29, 1.82) is 0 Å². The molecule has 0 heterocycles. The average Bonchev–Trinajstić information content (AvgIpc) is 3.75. The van der Waals surface area contributed by atoms with Crippen molar-refractivity contribution in [3.63, 3.8) is 0 Å². The van der Waals surface area contributed by atoms with Crippen molar-refractivity contribution in [3.05, 3.63) is 194 Å². The van der Waals surface area contributed by atoms with E-state index in [1.807, 2.05) is 0 Å². The Bertz CT molecular complexity index is 3170. The fraction of sp³-hybridized carbons (Fsp3) is 0. The van der Waals surface area contributed by atoms with Crippen LogP contribution in [-0.4, -0.2) is 0 Å². The van der Waals surface area contributed by atoms with E-state index in [1.165, 1.54) is 121 Å². The standard InChI is InChI=1S/C54H32/c1-4-13-33(14-5-1)37-25-27-40-43-30-29-39(41-21-12-22-42(52(41)43)47(40)31-37)38-26-28-44-48(32-38)51(36-17-8-3-9-18-36)54-46-24-11-20-34-19-10-23-45(49(34)46)53(54)50(44)35-15-6-2-7-16-35/h1-32H. The molecule has 0 saturated carbocycles. The predicted molar refractivity (Wildman–Crippen MR) is 230 cm³/mol. The Kier molecular flexibility index (Phi) is 6.15. The van der Waals surface area contributed by atoms with Crippen molar-refractivity contribution in [2.45, 2.75) is 0 Å². The molecule has 0 bridgehead atoms. The minimum atomic E-state index is 1.23. The van der Waals surface area contributed by atoms with Crippen LogP contribution < -0.4 is 0 Å². The van der Waals surface area contributed by atoms with E-state index < -0.39 is 0 Å². The summed E-state index contributed by atoms with van der Waals surface area (Å²) in [5.74, 6) is 0. The van der Waals surface area contributed by atoms with Crippen LogP contribution in [0.2, 0.25) is 0 Å². The van der Waals surface area contributed by atoms with Gasteiger partial charge in [0.05, 0.1) is 0 Å². The molecule has 0 heteroatoms. The monoisotopic (exact) mass is 680 g/mol. The van der Waals surface area contributed by atoms with E-state index in [9.17, 15) is 0 Å². The van der Waals surface area contributed by atoms with E-state index >= 15 is 0 Å². The quantitative estimate of drug-likeness (QED) is 0.174. The Hall–Kier alpha value is -7.02. The van der Waals surface area contributed by atoms with E-state index in [4.69, 9.17) is 0 Å². The van der Waals surface area contributed by atoms with E-state index in [0.29, 0.717) is 0 Å². The van der Waals surface area contributed by atoms with Gasteiger partial charge in [0.2, 0.25) is 0 Å². The topological polar surface area (TPSA) is 0 Å².